The fraction of sp³-hybridized carbons (Fsp3) is 0.368. The third-order valence-corrected chi connectivity index (χ3v) is 4.85. The van der Waals surface area contributed by atoms with Crippen LogP contribution in [0.5, 0.6) is 0 Å². The number of esters is 1. The van der Waals surface area contributed by atoms with Crippen molar-refractivity contribution in [2.75, 3.05) is 18.1 Å². The van der Waals surface area contributed by atoms with E-state index in [9.17, 15) is 9.18 Å². The van der Waals surface area contributed by atoms with Gasteiger partial charge in [0.25, 0.3) is 0 Å². The number of carbonyl (C=O) groups is 1. The van der Waals surface area contributed by atoms with Crippen LogP contribution in [0.25, 0.3) is 5.65 Å². The molecule has 1 aliphatic heterocycles. The first-order valence-corrected chi connectivity index (χ1v) is 8.98. The van der Waals surface area contributed by atoms with E-state index in [-0.39, 0.29) is 18.5 Å². The number of hydrogen-bond acceptors (Lipinski definition) is 6. The molecule has 0 saturated carbocycles. The van der Waals surface area contributed by atoms with Crippen LogP contribution in [0.1, 0.15) is 47.4 Å². The second kappa shape index (κ2) is 6.94. The molecule has 3 aromatic heterocycles. The van der Waals surface area contributed by atoms with Gasteiger partial charge in [0.15, 0.2) is 5.65 Å². The summed E-state index contributed by atoms with van der Waals surface area (Å²) < 4.78 is 20.4. The Bertz CT molecular complexity index is 1000. The summed E-state index contributed by atoms with van der Waals surface area (Å²) in [5.74, 6) is -0.0637. The van der Waals surface area contributed by atoms with Crippen molar-refractivity contribution in [3.63, 3.8) is 0 Å². The Morgan fingerprint density at radius 2 is 2.26 bits per heavy atom. The summed E-state index contributed by atoms with van der Waals surface area (Å²) in [5, 5.41) is 4.17. The zero-order chi connectivity index (χ0) is 19.0. The number of aromatic nitrogens is 4. The first kappa shape index (κ1) is 17.4. The topological polar surface area (TPSA) is 72.6 Å². The van der Waals surface area contributed by atoms with Crippen molar-refractivity contribution in [3.05, 3.63) is 53.4 Å². The average molecular weight is 369 g/mol. The van der Waals surface area contributed by atoms with Gasteiger partial charge in [-0.2, -0.15) is 5.10 Å². The van der Waals surface area contributed by atoms with Crippen LogP contribution >= 0.6 is 0 Å². The Morgan fingerprint density at radius 3 is 3.07 bits per heavy atom. The highest BCUT2D eigenvalue weighted by Crippen LogP contribution is 2.36. The monoisotopic (exact) mass is 369 g/mol. The molecule has 7 nitrogen and oxygen atoms in total. The van der Waals surface area contributed by atoms with Crippen LogP contribution in [-0.2, 0) is 4.74 Å². The van der Waals surface area contributed by atoms with Crippen LogP contribution in [0.4, 0.5) is 10.2 Å². The van der Waals surface area contributed by atoms with Gasteiger partial charge in [0.2, 0.25) is 0 Å². The summed E-state index contributed by atoms with van der Waals surface area (Å²) in [6, 6.07) is 3.40. The summed E-state index contributed by atoms with van der Waals surface area (Å²) >= 11 is 0. The zero-order valence-corrected chi connectivity index (χ0v) is 15.2. The minimum absolute atomic E-state index is 0.00267. The van der Waals surface area contributed by atoms with Gasteiger partial charge < -0.3 is 9.64 Å². The second-order valence-electron chi connectivity index (χ2n) is 6.51. The summed E-state index contributed by atoms with van der Waals surface area (Å²) in [4.78, 5) is 23.1. The maximum absolute atomic E-state index is 13.8. The van der Waals surface area contributed by atoms with E-state index in [2.05, 4.69) is 20.0 Å². The van der Waals surface area contributed by atoms with Crippen molar-refractivity contribution >= 4 is 17.4 Å². The molecule has 1 aliphatic rings. The van der Waals surface area contributed by atoms with E-state index in [0.29, 0.717) is 11.2 Å². The van der Waals surface area contributed by atoms with E-state index in [4.69, 9.17) is 4.74 Å². The molecule has 4 heterocycles. The van der Waals surface area contributed by atoms with Crippen molar-refractivity contribution < 1.29 is 13.9 Å². The minimum Gasteiger partial charge on any atom is -0.462 e. The standard InChI is InChI=1S/C19H20FN5O2/c1-3-27-19(26)15-11-22-25-8-6-17(23-18(15)25)24-7-4-5-16(24)14-9-13(20)10-21-12(14)2/h6,8-11,16H,3-5,7H2,1-2H3. The van der Waals surface area contributed by atoms with E-state index < -0.39 is 5.97 Å². The molecule has 8 heteroatoms. The van der Waals surface area contributed by atoms with Crippen LogP contribution < -0.4 is 4.90 Å². The number of ether oxygens (including phenoxy) is 1. The number of anilines is 1. The number of halogens is 1. The molecular weight excluding hydrogens is 349 g/mol. The van der Waals surface area contributed by atoms with Crippen LogP contribution in [-0.4, -0.2) is 38.7 Å². The third kappa shape index (κ3) is 3.11. The summed E-state index contributed by atoms with van der Waals surface area (Å²) in [7, 11) is 0. The largest absolute Gasteiger partial charge is 0.462 e. The Balaban J connectivity index is 1.73. The highest BCUT2D eigenvalue weighted by Gasteiger charge is 2.29. The van der Waals surface area contributed by atoms with Crippen LogP contribution in [0.3, 0.4) is 0 Å². The number of carbonyl (C=O) groups excluding carboxylic acids is 1. The van der Waals surface area contributed by atoms with Crippen LogP contribution in [0.15, 0.2) is 30.7 Å². The maximum Gasteiger partial charge on any atom is 0.343 e. The normalized spacial score (nSPS) is 16.9. The lowest BCUT2D eigenvalue weighted by Gasteiger charge is -2.27. The first-order valence-electron chi connectivity index (χ1n) is 8.98. The van der Waals surface area contributed by atoms with Crippen molar-refractivity contribution in [3.8, 4) is 0 Å². The van der Waals surface area contributed by atoms with Gasteiger partial charge in [0, 0.05) is 18.4 Å². The van der Waals surface area contributed by atoms with E-state index in [0.717, 1.165) is 36.5 Å². The predicted octanol–water partition coefficient (Wildman–Crippen LogP) is 3.09. The van der Waals surface area contributed by atoms with Crippen molar-refractivity contribution in [2.24, 2.45) is 0 Å². The molecule has 0 amide bonds. The van der Waals surface area contributed by atoms with E-state index in [1.54, 1.807) is 23.7 Å². The smallest absolute Gasteiger partial charge is 0.343 e. The molecule has 0 aromatic carbocycles. The van der Waals surface area contributed by atoms with Crippen molar-refractivity contribution in [2.45, 2.75) is 32.7 Å². The third-order valence-electron chi connectivity index (χ3n) is 4.85. The average Bonchev–Trinajstić information content (AvgIpc) is 3.30. The van der Waals surface area contributed by atoms with E-state index >= 15 is 0 Å². The molecule has 1 atom stereocenters. The molecule has 4 rings (SSSR count). The molecule has 0 aliphatic carbocycles. The number of fused-ring (bicyclic) bond motifs is 1. The van der Waals surface area contributed by atoms with Gasteiger partial charge in [-0.15, -0.1) is 0 Å². The van der Waals surface area contributed by atoms with E-state index in [1.807, 2.05) is 13.0 Å². The minimum atomic E-state index is -0.444. The molecule has 0 N–H and O–H groups in total. The van der Waals surface area contributed by atoms with Gasteiger partial charge in [-0.3, -0.25) is 4.98 Å². The summed E-state index contributed by atoms with van der Waals surface area (Å²) in [6.07, 6.45) is 6.33. The molecule has 0 bridgehead atoms. The molecule has 1 fully saturated rings. The second-order valence-corrected chi connectivity index (χ2v) is 6.51. The highest BCUT2D eigenvalue weighted by atomic mass is 19.1. The molecular formula is C19H20FN5O2. The maximum atomic E-state index is 13.8. The lowest BCUT2D eigenvalue weighted by molar-refractivity contribution is 0.0528. The van der Waals surface area contributed by atoms with Crippen molar-refractivity contribution in [1.29, 1.82) is 0 Å². The predicted molar refractivity (Wildman–Crippen MR) is 97.2 cm³/mol. The van der Waals surface area contributed by atoms with Gasteiger partial charge in [-0.1, -0.05) is 0 Å². The molecule has 0 radical (unpaired) electrons. The Labute approximate surface area is 155 Å². The summed E-state index contributed by atoms with van der Waals surface area (Å²) in [5.41, 5.74) is 2.46. The molecule has 0 spiro atoms. The number of rotatable bonds is 4. The number of pyridine rings is 1. The molecule has 140 valence electrons. The lowest BCUT2D eigenvalue weighted by Crippen LogP contribution is -2.24. The number of nitrogens with zero attached hydrogens (tertiary/aromatic N) is 5. The number of aryl methyl sites for hydroxylation is 1. The van der Waals surface area contributed by atoms with Crippen LogP contribution in [0, 0.1) is 12.7 Å². The lowest BCUT2D eigenvalue weighted by atomic mass is 10.0. The van der Waals surface area contributed by atoms with Gasteiger partial charge in [0.05, 0.1) is 25.0 Å². The van der Waals surface area contributed by atoms with Crippen LogP contribution in [0.2, 0.25) is 0 Å². The van der Waals surface area contributed by atoms with Gasteiger partial charge in [-0.25, -0.2) is 18.7 Å². The van der Waals surface area contributed by atoms with E-state index in [1.165, 1.54) is 12.4 Å². The Morgan fingerprint density at radius 1 is 1.41 bits per heavy atom. The zero-order valence-electron chi connectivity index (χ0n) is 15.2. The molecule has 3 aromatic rings. The van der Waals surface area contributed by atoms with Crippen molar-refractivity contribution in [1.82, 2.24) is 19.6 Å². The fourth-order valence-electron chi connectivity index (χ4n) is 3.60. The quantitative estimate of drug-likeness (QED) is 0.658. The Kier molecular flexibility index (Phi) is 4.47. The molecule has 1 unspecified atom stereocenters. The van der Waals surface area contributed by atoms with Gasteiger partial charge in [-0.05, 0) is 44.4 Å². The first-order chi connectivity index (χ1) is 13.1. The Hall–Kier alpha value is -3.03. The number of hydrogen-bond donors (Lipinski definition) is 0. The van der Waals surface area contributed by atoms with Gasteiger partial charge in [0.1, 0.15) is 17.2 Å². The van der Waals surface area contributed by atoms with Gasteiger partial charge >= 0.3 is 5.97 Å². The molecule has 1 saturated heterocycles. The highest BCUT2D eigenvalue weighted by molar-refractivity contribution is 5.95. The summed E-state index contributed by atoms with van der Waals surface area (Å²) in [6.45, 7) is 4.73. The molecule has 27 heavy (non-hydrogen) atoms. The SMILES string of the molecule is CCOC(=O)c1cnn2ccc(N3CCCC3c3cc(F)cnc3C)nc12. The fourth-order valence-corrected chi connectivity index (χ4v) is 3.60.